The first kappa shape index (κ1) is 21.8. The number of ether oxygens (including phenoxy) is 3. The highest BCUT2D eigenvalue weighted by atomic mass is 16.6. The topological polar surface area (TPSA) is 104 Å². The molecule has 2 aliphatic rings. The standard InChI is InChI=1S/C24H26N2O6/c1-13-17-7-5-4-6-16(17)12-19(13)31-23(28)14(2)26-22(27)20-21(18(30-3)10-11-25-20)32-24(29)15-8-9-15/h4-7,10-11,13-15,19H,8-9,12H2,1-3H3,(H,26,27)/t13?,14-,19?/m0/s1. The number of hydrogen-bond acceptors (Lipinski definition) is 7. The van der Waals surface area contributed by atoms with Gasteiger partial charge in [0, 0.05) is 24.6 Å². The average Bonchev–Trinajstić information content (AvgIpc) is 3.59. The van der Waals surface area contributed by atoms with E-state index in [9.17, 15) is 14.4 Å². The Morgan fingerprint density at radius 2 is 1.91 bits per heavy atom. The minimum atomic E-state index is -0.918. The Morgan fingerprint density at radius 1 is 1.16 bits per heavy atom. The molecule has 0 saturated heterocycles. The van der Waals surface area contributed by atoms with Crippen LogP contribution in [0.5, 0.6) is 11.5 Å². The third-order valence-corrected chi connectivity index (χ3v) is 5.91. The molecule has 4 rings (SSSR count). The summed E-state index contributed by atoms with van der Waals surface area (Å²) in [5.41, 5.74) is 2.21. The van der Waals surface area contributed by atoms with Crippen molar-refractivity contribution in [2.24, 2.45) is 5.92 Å². The van der Waals surface area contributed by atoms with Gasteiger partial charge in [0.25, 0.3) is 5.91 Å². The van der Waals surface area contributed by atoms with Gasteiger partial charge in [-0.25, -0.2) is 9.78 Å². The van der Waals surface area contributed by atoms with Crippen LogP contribution in [0.4, 0.5) is 0 Å². The highest BCUT2D eigenvalue weighted by Gasteiger charge is 2.35. The van der Waals surface area contributed by atoms with Crippen molar-refractivity contribution in [3.63, 3.8) is 0 Å². The number of carbonyl (C=O) groups is 3. The number of nitrogens with zero attached hydrogens (tertiary/aromatic N) is 1. The molecule has 0 bridgehead atoms. The number of esters is 2. The normalized spacial score (nSPS) is 20.1. The molecule has 1 heterocycles. The number of fused-ring (bicyclic) bond motifs is 1. The zero-order chi connectivity index (χ0) is 22.8. The quantitative estimate of drug-likeness (QED) is 0.663. The molecule has 1 amide bonds. The lowest BCUT2D eigenvalue weighted by molar-refractivity contribution is -0.151. The summed E-state index contributed by atoms with van der Waals surface area (Å²) in [5.74, 6) is -1.55. The Morgan fingerprint density at radius 3 is 2.59 bits per heavy atom. The second-order valence-corrected chi connectivity index (χ2v) is 8.25. The molecule has 32 heavy (non-hydrogen) atoms. The lowest BCUT2D eigenvalue weighted by Crippen LogP contribution is -2.41. The van der Waals surface area contributed by atoms with Gasteiger partial charge in [-0.05, 0) is 30.9 Å². The second-order valence-electron chi connectivity index (χ2n) is 8.25. The zero-order valence-electron chi connectivity index (χ0n) is 18.3. The zero-order valence-corrected chi connectivity index (χ0v) is 18.3. The fourth-order valence-corrected chi connectivity index (χ4v) is 3.83. The van der Waals surface area contributed by atoms with Crippen LogP contribution in [0.2, 0.25) is 0 Å². The molecular formula is C24H26N2O6. The van der Waals surface area contributed by atoms with Gasteiger partial charge in [0.05, 0.1) is 13.0 Å². The molecule has 1 aromatic carbocycles. The van der Waals surface area contributed by atoms with Crippen LogP contribution in [0, 0.1) is 5.92 Å². The van der Waals surface area contributed by atoms with Gasteiger partial charge in [-0.1, -0.05) is 31.2 Å². The van der Waals surface area contributed by atoms with E-state index in [1.54, 1.807) is 6.92 Å². The number of pyridine rings is 1. The predicted molar refractivity (Wildman–Crippen MR) is 115 cm³/mol. The molecule has 8 nitrogen and oxygen atoms in total. The smallest absolute Gasteiger partial charge is 0.328 e. The molecule has 8 heteroatoms. The van der Waals surface area contributed by atoms with Gasteiger partial charge >= 0.3 is 11.9 Å². The fourth-order valence-electron chi connectivity index (χ4n) is 3.83. The van der Waals surface area contributed by atoms with Crippen LogP contribution in [0.15, 0.2) is 36.5 Å². The monoisotopic (exact) mass is 438 g/mol. The molecule has 2 aliphatic carbocycles. The van der Waals surface area contributed by atoms with Gasteiger partial charge in [-0.15, -0.1) is 0 Å². The number of carbonyl (C=O) groups excluding carboxylic acids is 3. The van der Waals surface area contributed by atoms with Crippen LogP contribution in [0.25, 0.3) is 0 Å². The molecule has 0 aliphatic heterocycles. The second kappa shape index (κ2) is 8.98. The number of benzene rings is 1. The van der Waals surface area contributed by atoms with Crippen LogP contribution < -0.4 is 14.8 Å². The highest BCUT2D eigenvalue weighted by molar-refractivity contribution is 5.98. The third-order valence-electron chi connectivity index (χ3n) is 5.91. The molecule has 1 fully saturated rings. The molecular weight excluding hydrogens is 412 g/mol. The van der Waals surface area contributed by atoms with E-state index in [2.05, 4.69) is 10.3 Å². The van der Waals surface area contributed by atoms with Gasteiger partial charge in [0.15, 0.2) is 11.4 Å². The van der Waals surface area contributed by atoms with Gasteiger partial charge in [-0.2, -0.15) is 0 Å². The van der Waals surface area contributed by atoms with E-state index in [0.717, 1.165) is 18.4 Å². The Bertz CT molecular complexity index is 1050. The van der Waals surface area contributed by atoms with E-state index < -0.39 is 23.9 Å². The van der Waals surface area contributed by atoms with Crippen molar-refractivity contribution >= 4 is 17.8 Å². The fraction of sp³-hybridized carbons (Fsp3) is 0.417. The van der Waals surface area contributed by atoms with Crippen molar-refractivity contribution < 1.29 is 28.6 Å². The van der Waals surface area contributed by atoms with Crippen LogP contribution in [0.1, 0.15) is 54.2 Å². The number of rotatable bonds is 7. The molecule has 1 aromatic heterocycles. The van der Waals surface area contributed by atoms with Crippen LogP contribution in [-0.4, -0.2) is 42.1 Å². The molecule has 3 atom stereocenters. The summed E-state index contributed by atoms with van der Waals surface area (Å²) in [7, 11) is 1.41. The van der Waals surface area contributed by atoms with E-state index in [0.29, 0.717) is 6.42 Å². The maximum atomic E-state index is 12.9. The number of methoxy groups -OCH3 is 1. The van der Waals surface area contributed by atoms with Gasteiger partial charge in [0.1, 0.15) is 12.1 Å². The van der Waals surface area contributed by atoms with Crippen LogP contribution in [0.3, 0.4) is 0 Å². The van der Waals surface area contributed by atoms with E-state index in [-0.39, 0.29) is 35.1 Å². The molecule has 2 unspecified atom stereocenters. The number of hydrogen-bond donors (Lipinski definition) is 1. The lowest BCUT2D eigenvalue weighted by Gasteiger charge is -2.20. The van der Waals surface area contributed by atoms with E-state index >= 15 is 0 Å². The van der Waals surface area contributed by atoms with Crippen molar-refractivity contribution in [1.29, 1.82) is 0 Å². The summed E-state index contributed by atoms with van der Waals surface area (Å²) in [4.78, 5) is 41.8. The summed E-state index contributed by atoms with van der Waals surface area (Å²) < 4.78 is 16.3. The molecule has 2 aromatic rings. The summed E-state index contributed by atoms with van der Waals surface area (Å²) in [6.07, 6.45) is 3.25. The molecule has 168 valence electrons. The van der Waals surface area contributed by atoms with Crippen molar-refractivity contribution in [1.82, 2.24) is 10.3 Å². The Balaban J connectivity index is 1.42. The molecule has 0 spiro atoms. The van der Waals surface area contributed by atoms with Gasteiger partial charge in [-0.3, -0.25) is 9.59 Å². The van der Waals surface area contributed by atoms with Gasteiger partial charge < -0.3 is 19.5 Å². The minimum Gasteiger partial charge on any atom is -0.493 e. The number of aromatic nitrogens is 1. The van der Waals surface area contributed by atoms with Crippen molar-refractivity contribution in [2.75, 3.05) is 7.11 Å². The predicted octanol–water partition coefficient (Wildman–Crippen LogP) is 2.80. The van der Waals surface area contributed by atoms with E-state index in [1.165, 1.54) is 24.9 Å². The molecule has 0 radical (unpaired) electrons. The third kappa shape index (κ3) is 4.44. The lowest BCUT2D eigenvalue weighted by atomic mass is 10.0. The van der Waals surface area contributed by atoms with Crippen LogP contribution in [-0.2, 0) is 20.7 Å². The SMILES string of the molecule is COc1ccnc(C(=O)N[C@@H](C)C(=O)OC2Cc3ccccc3C2C)c1OC(=O)C1CC1. The van der Waals surface area contributed by atoms with Gasteiger partial charge in [0.2, 0.25) is 5.75 Å². The number of nitrogens with one attached hydrogen (secondary N) is 1. The largest absolute Gasteiger partial charge is 0.493 e. The van der Waals surface area contributed by atoms with E-state index in [1.807, 2.05) is 31.2 Å². The Kier molecular flexibility index (Phi) is 6.12. The first-order chi connectivity index (χ1) is 15.4. The maximum absolute atomic E-state index is 12.9. The molecule has 1 saturated carbocycles. The Hall–Kier alpha value is -3.42. The Labute approximate surface area is 186 Å². The van der Waals surface area contributed by atoms with Crippen LogP contribution >= 0.6 is 0 Å². The summed E-state index contributed by atoms with van der Waals surface area (Å²) >= 11 is 0. The first-order valence-electron chi connectivity index (χ1n) is 10.7. The summed E-state index contributed by atoms with van der Waals surface area (Å²) in [5, 5.41) is 2.59. The van der Waals surface area contributed by atoms with E-state index in [4.69, 9.17) is 14.2 Å². The maximum Gasteiger partial charge on any atom is 0.328 e. The first-order valence-corrected chi connectivity index (χ1v) is 10.7. The minimum absolute atomic E-state index is 0.0511. The average molecular weight is 438 g/mol. The van der Waals surface area contributed by atoms with Crippen molar-refractivity contribution in [3.8, 4) is 11.5 Å². The van der Waals surface area contributed by atoms with Crippen molar-refractivity contribution in [2.45, 2.75) is 51.2 Å². The highest BCUT2D eigenvalue weighted by Crippen LogP contribution is 2.36. The molecule has 1 N–H and O–H groups in total. The van der Waals surface area contributed by atoms with Crippen molar-refractivity contribution in [3.05, 3.63) is 53.3 Å². The number of amides is 1. The summed E-state index contributed by atoms with van der Waals surface area (Å²) in [6, 6.07) is 8.59. The summed E-state index contributed by atoms with van der Waals surface area (Å²) in [6.45, 7) is 3.57.